The second-order valence-electron chi connectivity index (χ2n) is 9.93. The Hall–Kier alpha value is -5.25. The van der Waals surface area contributed by atoms with Crippen LogP contribution in [0.3, 0.4) is 0 Å². The summed E-state index contributed by atoms with van der Waals surface area (Å²) in [4.78, 5) is 35.7. The third kappa shape index (κ3) is 6.55. The molecule has 10 heteroatoms. The number of pyridine rings is 1. The zero-order chi connectivity index (χ0) is 29.6. The number of carbonyl (C=O) groups is 2. The molecule has 2 amide bonds. The molecular formula is C32H31FN6O3. The Kier molecular flexibility index (Phi) is 8.42. The number of amides is 2. The number of anilines is 2. The largest absolute Gasteiger partial charge is 0.495 e. The van der Waals surface area contributed by atoms with Gasteiger partial charge in [0.2, 0.25) is 5.91 Å². The molecule has 214 valence electrons. The highest BCUT2D eigenvalue weighted by Gasteiger charge is 2.22. The third-order valence-electron chi connectivity index (χ3n) is 7.09. The number of likely N-dealkylation sites (tertiary alicyclic amines) is 1. The fourth-order valence-corrected chi connectivity index (χ4v) is 4.44. The van der Waals surface area contributed by atoms with Gasteiger partial charge < -0.3 is 26.0 Å². The van der Waals surface area contributed by atoms with Crippen LogP contribution in [-0.4, -0.2) is 47.9 Å². The first kappa shape index (κ1) is 28.3. The lowest BCUT2D eigenvalue weighted by Gasteiger charge is -2.31. The number of ether oxygens (including phenoxy) is 1. The quantitative estimate of drug-likeness (QED) is 0.190. The van der Waals surface area contributed by atoms with Crippen molar-refractivity contribution in [3.8, 4) is 16.9 Å². The number of carbonyl (C=O) groups excluding carboxylic acids is 2. The smallest absolute Gasteiger partial charge is 0.253 e. The van der Waals surface area contributed by atoms with Gasteiger partial charge in [0.25, 0.3) is 5.91 Å². The van der Waals surface area contributed by atoms with Gasteiger partial charge in [0.15, 0.2) is 11.8 Å². The SMILES string of the molecule is COc1cc(C(=O)N2CCC2)ccc1NC(N)=Nc1ccc(-c2ccc(NC(=O)[C@H](C)c3ccc(F)cc3)cc2)cn1. The molecule has 0 bridgehead atoms. The summed E-state index contributed by atoms with van der Waals surface area (Å²) in [6, 6.07) is 22.1. The Morgan fingerprint density at radius 3 is 2.31 bits per heavy atom. The number of benzene rings is 3. The number of aliphatic imine (C=N–C) groups is 1. The highest BCUT2D eigenvalue weighted by Crippen LogP contribution is 2.28. The fourth-order valence-electron chi connectivity index (χ4n) is 4.44. The summed E-state index contributed by atoms with van der Waals surface area (Å²) in [5.74, 6) is 0.0363. The van der Waals surface area contributed by atoms with Crippen molar-refractivity contribution in [2.45, 2.75) is 19.3 Å². The Morgan fingerprint density at radius 2 is 1.69 bits per heavy atom. The van der Waals surface area contributed by atoms with Gasteiger partial charge >= 0.3 is 0 Å². The van der Waals surface area contributed by atoms with E-state index in [9.17, 15) is 14.0 Å². The first-order valence-corrected chi connectivity index (χ1v) is 13.5. The molecule has 1 fully saturated rings. The Labute approximate surface area is 243 Å². The van der Waals surface area contributed by atoms with Gasteiger partial charge in [0.1, 0.15) is 11.6 Å². The molecule has 0 aliphatic carbocycles. The fraction of sp³-hybridized carbons (Fsp3) is 0.188. The average Bonchev–Trinajstić information content (AvgIpc) is 2.97. The van der Waals surface area contributed by atoms with E-state index in [1.807, 2.05) is 30.3 Å². The standard InChI is InChI=1S/C32H31FN6O3/c1-20(21-4-10-25(33)11-5-21)30(40)36-26-12-6-22(7-13-26)24-9-15-29(35-19-24)38-32(34)37-27-14-8-23(18-28(27)42-2)31(41)39-16-3-17-39/h4-15,18-20H,3,16-17H2,1-2H3,(H,36,40)(H3,34,35,37,38)/t20-/m1/s1. The van der Waals surface area contributed by atoms with Crippen LogP contribution in [0.1, 0.15) is 35.2 Å². The average molecular weight is 567 g/mol. The van der Waals surface area contributed by atoms with Crippen LogP contribution in [0.4, 0.5) is 21.6 Å². The molecule has 2 heterocycles. The highest BCUT2D eigenvalue weighted by atomic mass is 19.1. The number of nitrogens with zero attached hydrogens (tertiary/aromatic N) is 3. The molecule has 9 nitrogen and oxygen atoms in total. The number of aromatic nitrogens is 1. The van der Waals surface area contributed by atoms with Crippen LogP contribution in [0.2, 0.25) is 0 Å². The van der Waals surface area contributed by atoms with Gasteiger partial charge in [-0.05, 0) is 79.1 Å². The zero-order valence-corrected chi connectivity index (χ0v) is 23.3. The maximum absolute atomic E-state index is 13.2. The molecule has 4 aromatic rings. The monoisotopic (exact) mass is 566 g/mol. The zero-order valence-electron chi connectivity index (χ0n) is 23.3. The minimum absolute atomic E-state index is 0.0205. The number of hydrogen-bond acceptors (Lipinski definition) is 5. The van der Waals surface area contributed by atoms with Crippen LogP contribution in [0.5, 0.6) is 5.75 Å². The van der Waals surface area contributed by atoms with Crippen molar-refractivity contribution in [1.82, 2.24) is 9.88 Å². The summed E-state index contributed by atoms with van der Waals surface area (Å²) in [5.41, 5.74) is 10.4. The van der Waals surface area contributed by atoms with Gasteiger partial charge in [-0.3, -0.25) is 9.59 Å². The first-order valence-electron chi connectivity index (χ1n) is 13.5. The van der Waals surface area contributed by atoms with Crippen LogP contribution in [0, 0.1) is 5.82 Å². The lowest BCUT2D eigenvalue weighted by molar-refractivity contribution is -0.117. The normalized spacial score (nSPS) is 13.6. The van der Waals surface area contributed by atoms with Gasteiger partial charge in [-0.2, -0.15) is 4.99 Å². The van der Waals surface area contributed by atoms with Crippen LogP contribution in [0.25, 0.3) is 11.1 Å². The molecule has 0 spiro atoms. The summed E-state index contributed by atoms with van der Waals surface area (Å²) < 4.78 is 18.6. The minimum atomic E-state index is -0.427. The van der Waals surface area contributed by atoms with Gasteiger partial charge in [-0.15, -0.1) is 0 Å². The van der Waals surface area contributed by atoms with Crippen molar-refractivity contribution in [3.63, 3.8) is 0 Å². The lowest BCUT2D eigenvalue weighted by Crippen LogP contribution is -2.42. The topological polar surface area (TPSA) is 122 Å². The Bertz CT molecular complexity index is 1600. The highest BCUT2D eigenvalue weighted by molar-refractivity contribution is 5.99. The van der Waals surface area contributed by atoms with Crippen molar-refractivity contribution in [2.24, 2.45) is 10.7 Å². The number of halogens is 1. The van der Waals surface area contributed by atoms with E-state index in [-0.39, 0.29) is 23.6 Å². The molecule has 4 N–H and O–H groups in total. The van der Waals surface area contributed by atoms with Crippen molar-refractivity contribution in [1.29, 1.82) is 0 Å². The van der Waals surface area contributed by atoms with Gasteiger partial charge in [-0.25, -0.2) is 9.37 Å². The molecule has 1 atom stereocenters. The number of hydrogen-bond donors (Lipinski definition) is 3. The van der Waals surface area contributed by atoms with Gasteiger partial charge in [0.05, 0.1) is 18.7 Å². The molecule has 1 aliphatic rings. The Balaban J connectivity index is 1.20. The van der Waals surface area contributed by atoms with Crippen molar-refractivity contribution in [2.75, 3.05) is 30.8 Å². The van der Waals surface area contributed by atoms with E-state index in [0.717, 1.165) is 36.2 Å². The molecule has 42 heavy (non-hydrogen) atoms. The predicted molar refractivity (Wildman–Crippen MR) is 162 cm³/mol. The number of nitrogens with two attached hydrogens (primary N) is 1. The molecule has 0 radical (unpaired) electrons. The molecule has 1 saturated heterocycles. The molecule has 0 saturated carbocycles. The van der Waals surface area contributed by atoms with Crippen LogP contribution < -0.4 is 21.1 Å². The van der Waals surface area contributed by atoms with Crippen LogP contribution >= 0.6 is 0 Å². The minimum Gasteiger partial charge on any atom is -0.495 e. The van der Waals surface area contributed by atoms with E-state index in [1.54, 1.807) is 54.4 Å². The summed E-state index contributed by atoms with van der Waals surface area (Å²) >= 11 is 0. The van der Waals surface area contributed by atoms with E-state index in [4.69, 9.17) is 10.5 Å². The molecular weight excluding hydrogens is 535 g/mol. The summed E-state index contributed by atoms with van der Waals surface area (Å²) in [7, 11) is 1.53. The molecule has 1 aromatic heterocycles. The van der Waals surface area contributed by atoms with Crippen molar-refractivity contribution >= 4 is 35.0 Å². The maximum Gasteiger partial charge on any atom is 0.253 e. The Morgan fingerprint density at radius 1 is 0.976 bits per heavy atom. The number of methoxy groups -OCH3 is 1. The van der Waals surface area contributed by atoms with E-state index >= 15 is 0 Å². The molecule has 5 rings (SSSR count). The summed E-state index contributed by atoms with van der Waals surface area (Å²) in [6.07, 6.45) is 2.71. The van der Waals surface area contributed by atoms with Crippen LogP contribution in [0.15, 0.2) is 90.1 Å². The van der Waals surface area contributed by atoms with Crippen molar-refractivity contribution in [3.05, 3.63) is 102 Å². The molecule has 3 aromatic carbocycles. The molecule has 1 aliphatic heterocycles. The summed E-state index contributed by atoms with van der Waals surface area (Å²) in [5, 5.41) is 5.90. The predicted octanol–water partition coefficient (Wildman–Crippen LogP) is 5.54. The van der Waals surface area contributed by atoms with E-state index < -0.39 is 5.92 Å². The van der Waals surface area contributed by atoms with E-state index in [1.165, 1.54) is 19.2 Å². The second-order valence-corrected chi connectivity index (χ2v) is 9.93. The molecule has 0 unspecified atom stereocenters. The van der Waals surface area contributed by atoms with Gasteiger partial charge in [-0.1, -0.05) is 24.3 Å². The summed E-state index contributed by atoms with van der Waals surface area (Å²) in [6.45, 7) is 3.32. The second kappa shape index (κ2) is 12.5. The van der Waals surface area contributed by atoms with Gasteiger partial charge in [0, 0.05) is 36.1 Å². The first-order chi connectivity index (χ1) is 20.3. The van der Waals surface area contributed by atoms with Crippen molar-refractivity contribution < 1.29 is 18.7 Å². The maximum atomic E-state index is 13.2. The third-order valence-corrected chi connectivity index (χ3v) is 7.09. The number of rotatable bonds is 8. The van der Waals surface area contributed by atoms with Crippen LogP contribution in [-0.2, 0) is 4.79 Å². The number of guanidine groups is 1. The number of nitrogens with one attached hydrogen (secondary N) is 2. The van der Waals surface area contributed by atoms with E-state index in [0.29, 0.717) is 28.5 Å². The lowest BCUT2D eigenvalue weighted by atomic mass is 10.00. The van der Waals surface area contributed by atoms with E-state index in [2.05, 4.69) is 20.6 Å².